The molecular formula is C14H14BrF2N3O2. The summed E-state index contributed by atoms with van der Waals surface area (Å²) in [7, 11) is 0. The van der Waals surface area contributed by atoms with Crippen molar-refractivity contribution < 1.29 is 18.3 Å². The summed E-state index contributed by atoms with van der Waals surface area (Å²) in [5, 5.41) is 6.87. The molecule has 22 heavy (non-hydrogen) atoms. The summed E-state index contributed by atoms with van der Waals surface area (Å²) in [6, 6.07) is 5.65. The summed E-state index contributed by atoms with van der Waals surface area (Å²) in [4.78, 5) is 12.1. The molecule has 0 unspecified atom stereocenters. The lowest BCUT2D eigenvalue weighted by atomic mass is 10.2. The summed E-state index contributed by atoms with van der Waals surface area (Å²) in [5.41, 5.74) is 1.08. The Morgan fingerprint density at radius 3 is 2.95 bits per heavy atom. The SMILES string of the molecule is CCn1ncc(Br)c1CNC(=O)c1cccc(OC(F)F)c1. The molecule has 1 heterocycles. The highest BCUT2D eigenvalue weighted by Crippen LogP contribution is 2.17. The molecular weight excluding hydrogens is 360 g/mol. The van der Waals surface area contributed by atoms with Crippen molar-refractivity contribution in [3.05, 3.63) is 46.2 Å². The van der Waals surface area contributed by atoms with E-state index in [-0.39, 0.29) is 23.8 Å². The first kappa shape index (κ1) is 16.4. The van der Waals surface area contributed by atoms with E-state index in [9.17, 15) is 13.6 Å². The van der Waals surface area contributed by atoms with Crippen LogP contribution in [-0.2, 0) is 13.1 Å². The van der Waals surface area contributed by atoms with E-state index in [2.05, 4.69) is 31.1 Å². The van der Waals surface area contributed by atoms with Crippen molar-refractivity contribution in [1.82, 2.24) is 15.1 Å². The van der Waals surface area contributed by atoms with Gasteiger partial charge in [-0.1, -0.05) is 6.07 Å². The fraction of sp³-hybridized carbons (Fsp3) is 0.286. The van der Waals surface area contributed by atoms with E-state index in [4.69, 9.17) is 0 Å². The molecule has 1 N–H and O–H groups in total. The van der Waals surface area contributed by atoms with Gasteiger partial charge in [-0.05, 0) is 41.1 Å². The van der Waals surface area contributed by atoms with Crippen LogP contribution in [0.3, 0.4) is 0 Å². The zero-order chi connectivity index (χ0) is 16.1. The number of alkyl halides is 2. The number of halogens is 3. The predicted octanol–water partition coefficient (Wildman–Crippen LogP) is 3.20. The van der Waals surface area contributed by atoms with Gasteiger partial charge in [-0.3, -0.25) is 9.48 Å². The first-order valence-corrected chi connectivity index (χ1v) is 7.33. The summed E-state index contributed by atoms with van der Waals surface area (Å²) in [6.45, 7) is -0.0365. The number of hydrogen-bond acceptors (Lipinski definition) is 3. The molecule has 0 fully saturated rings. The zero-order valence-corrected chi connectivity index (χ0v) is 13.3. The van der Waals surface area contributed by atoms with Crippen LogP contribution in [0.15, 0.2) is 34.9 Å². The first-order chi connectivity index (χ1) is 10.5. The fourth-order valence-electron chi connectivity index (χ4n) is 1.92. The molecule has 1 aromatic heterocycles. The molecule has 0 radical (unpaired) electrons. The van der Waals surface area contributed by atoms with Gasteiger partial charge in [0.05, 0.1) is 22.9 Å². The Kier molecular flexibility index (Phi) is 5.48. The van der Waals surface area contributed by atoms with Crippen LogP contribution >= 0.6 is 15.9 Å². The number of nitrogens with zero attached hydrogens (tertiary/aromatic N) is 2. The van der Waals surface area contributed by atoms with Crippen LogP contribution in [0.2, 0.25) is 0 Å². The second-order valence-electron chi connectivity index (χ2n) is 4.34. The van der Waals surface area contributed by atoms with Gasteiger partial charge >= 0.3 is 6.61 Å². The normalized spacial score (nSPS) is 10.8. The second-order valence-corrected chi connectivity index (χ2v) is 5.20. The highest BCUT2D eigenvalue weighted by Gasteiger charge is 2.12. The van der Waals surface area contributed by atoms with Crippen LogP contribution in [0.4, 0.5) is 8.78 Å². The zero-order valence-electron chi connectivity index (χ0n) is 11.7. The second kappa shape index (κ2) is 7.35. The Morgan fingerprint density at radius 1 is 1.50 bits per heavy atom. The van der Waals surface area contributed by atoms with Crippen LogP contribution in [0.1, 0.15) is 23.0 Å². The maximum absolute atomic E-state index is 12.2. The lowest BCUT2D eigenvalue weighted by molar-refractivity contribution is -0.0498. The minimum absolute atomic E-state index is 0.0533. The van der Waals surface area contributed by atoms with Gasteiger partial charge in [0.25, 0.3) is 5.91 Å². The first-order valence-electron chi connectivity index (χ1n) is 6.54. The van der Waals surface area contributed by atoms with Crippen molar-refractivity contribution in [2.24, 2.45) is 0 Å². The van der Waals surface area contributed by atoms with Gasteiger partial charge in [0, 0.05) is 12.1 Å². The van der Waals surface area contributed by atoms with Crippen LogP contribution in [0, 0.1) is 0 Å². The fourth-order valence-corrected chi connectivity index (χ4v) is 2.35. The van der Waals surface area contributed by atoms with Crippen molar-refractivity contribution in [2.75, 3.05) is 0 Å². The van der Waals surface area contributed by atoms with Gasteiger partial charge in [-0.15, -0.1) is 0 Å². The van der Waals surface area contributed by atoms with Gasteiger partial charge < -0.3 is 10.1 Å². The van der Waals surface area contributed by atoms with Crippen molar-refractivity contribution in [3.8, 4) is 5.75 Å². The molecule has 8 heteroatoms. The smallest absolute Gasteiger partial charge is 0.387 e. The lowest BCUT2D eigenvalue weighted by Crippen LogP contribution is -2.24. The maximum atomic E-state index is 12.2. The van der Waals surface area contributed by atoms with E-state index in [1.165, 1.54) is 24.3 Å². The molecule has 5 nitrogen and oxygen atoms in total. The van der Waals surface area contributed by atoms with Crippen molar-refractivity contribution in [1.29, 1.82) is 0 Å². The molecule has 0 bridgehead atoms. The number of aryl methyl sites for hydroxylation is 1. The molecule has 118 valence electrons. The Bertz CT molecular complexity index is 661. The maximum Gasteiger partial charge on any atom is 0.387 e. The highest BCUT2D eigenvalue weighted by atomic mass is 79.9. The number of carbonyl (C=O) groups is 1. The summed E-state index contributed by atoms with van der Waals surface area (Å²) < 4.78 is 31.2. The molecule has 2 rings (SSSR count). The van der Waals surface area contributed by atoms with Gasteiger partial charge in [0.1, 0.15) is 5.75 Å². The third-order valence-corrected chi connectivity index (χ3v) is 3.60. The molecule has 0 aliphatic heterocycles. The third-order valence-electron chi connectivity index (χ3n) is 2.94. The third kappa shape index (κ3) is 4.03. The molecule has 1 amide bonds. The average Bonchev–Trinajstić information content (AvgIpc) is 2.84. The Hall–Kier alpha value is -1.96. The minimum Gasteiger partial charge on any atom is -0.435 e. The number of ether oxygens (including phenoxy) is 1. The van der Waals surface area contributed by atoms with E-state index in [1.54, 1.807) is 10.9 Å². The van der Waals surface area contributed by atoms with Gasteiger partial charge in [-0.2, -0.15) is 13.9 Å². The number of aromatic nitrogens is 2. The van der Waals surface area contributed by atoms with E-state index in [0.717, 1.165) is 10.2 Å². The standard InChI is InChI=1S/C14H14BrF2N3O2/c1-2-20-12(11(15)7-19-20)8-18-13(21)9-4-3-5-10(6-9)22-14(16)17/h3-7,14H,2,8H2,1H3,(H,18,21). The molecule has 0 aliphatic carbocycles. The Labute approximate surface area is 134 Å². The van der Waals surface area contributed by atoms with Crippen LogP contribution in [0.25, 0.3) is 0 Å². The largest absolute Gasteiger partial charge is 0.435 e. The van der Waals surface area contributed by atoms with Crippen LogP contribution in [0.5, 0.6) is 5.75 Å². The van der Waals surface area contributed by atoms with E-state index < -0.39 is 6.61 Å². The van der Waals surface area contributed by atoms with Gasteiger partial charge in [0.15, 0.2) is 0 Å². The van der Waals surface area contributed by atoms with Gasteiger partial charge in [0.2, 0.25) is 0 Å². The molecule has 0 saturated heterocycles. The number of carbonyl (C=O) groups excluding carboxylic acids is 1. The minimum atomic E-state index is -2.92. The quantitative estimate of drug-likeness (QED) is 0.845. The van der Waals surface area contributed by atoms with Crippen molar-refractivity contribution in [3.63, 3.8) is 0 Å². The van der Waals surface area contributed by atoms with Gasteiger partial charge in [-0.25, -0.2) is 0 Å². The average molecular weight is 374 g/mol. The summed E-state index contributed by atoms with van der Waals surface area (Å²) >= 11 is 3.37. The highest BCUT2D eigenvalue weighted by molar-refractivity contribution is 9.10. The predicted molar refractivity (Wildman–Crippen MR) is 79.8 cm³/mol. The number of amides is 1. The molecule has 0 aliphatic rings. The van der Waals surface area contributed by atoms with E-state index in [1.807, 2.05) is 6.92 Å². The van der Waals surface area contributed by atoms with E-state index >= 15 is 0 Å². The Morgan fingerprint density at radius 2 is 2.27 bits per heavy atom. The number of benzene rings is 1. The van der Waals surface area contributed by atoms with Crippen LogP contribution < -0.4 is 10.1 Å². The molecule has 2 aromatic rings. The molecule has 0 spiro atoms. The monoisotopic (exact) mass is 373 g/mol. The lowest BCUT2D eigenvalue weighted by Gasteiger charge is -2.09. The summed E-state index contributed by atoms with van der Waals surface area (Å²) in [6.07, 6.45) is 1.65. The number of hydrogen-bond donors (Lipinski definition) is 1. The molecule has 0 atom stereocenters. The van der Waals surface area contributed by atoms with Crippen molar-refractivity contribution >= 4 is 21.8 Å². The number of nitrogens with one attached hydrogen (secondary N) is 1. The van der Waals surface area contributed by atoms with E-state index in [0.29, 0.717) is 6.54 Å². The summed E-state index contributed by atoms with van der Waals surface area (Å²) in [5.74, 6) is -0.433. The number of rotatable bonds is 6. The van der Waals surface area contributed by atoms with Crippen LogP contribution in [-0.4, -0.2) is 22.3 Å². The topological polar surface area (TPSA) is 56.2 Å². The Balaban J connectivity index is 2.04. The molecule has 1 aromatic carbocycles. The van der Waals surface area contributed by atoms with Crippen molar-refractivity contribution in [2.45, 2.75) is 26.6 Å². The molecule has 0 saturated carbocycles.